The van der Waals surface area contributed by atoms with Gasteiger partial charge in [-0.15, -0.1) is 12.4 Å². The quantitative estimate of drug-likeness (QED) is 0.552. The van der Waals surface area contributed by atoms with Crippen molar-refractivity contribution in [2.75, 3.05) is 51.8 Å². The number of anilines is 1. The van der Waals surface area contributed by atoms with E-state index in [0.717, 1.165) is 64.9 Å². The Morgan fingerprint density at radius 2 is 1.76 bits per heavy atom. The van der Waals surface area contributed by atoms with Crippen molar-refractivity contribution in [2.24, 2.45) is 0 Å². The number of piperazine rings is 1. The van der Waals surface area contributed by atoms with E-state index in [0.29, 0.717) is 17.7 Å². The summed E-state index contributed by atoms with van der Waals surface area (Å²) in [6.45, 7) is 4.28. The van der Waals surface area contributed by atoms with Gasteiger partial charge in [-0.1, -0.05) is 23.5 Å². The van der Waals surface area contributed by atoms with E-state index in [2.05, 4.69) is 21.2 Å². The lowest BCUT2D eigenvalue weighted by Gasteiger charge is -2.36. The van der Waals surface area contributed by atoms with Crippen molar-refractivity contribution in [1.29, 1.82) is 0 Å². The predicted molar refractivity (Wildman–Crippen MR) is 136 cm³/mol. The summed E-state index contributed by atoms with van der Waals surface area (Å²) in [4.78, 5) is 30.2. The lowest BCUT2D eigenvalue weighted by atomic mass is 10.1. The van der Waals surface area contributed by atoms with E-state index in [1.54, 1.807) is 19.2 Å². The highest BCUT2D eigenvalue weighted by molar-refractivity contribution is 7.09. The number of carbonyl (C=O) groups excluding carboxylic acids is 1. The number of benzene rings is 2. The molecule has 0 unspecified atom stereocenters. The third kappa shape index (κ3) is 5.43. The molecule has 0 radical (unpaired) electrons. The SMILES string of the molecule is CNC(=O)n1c(-c2ccc(F)cc2)c(CCN2CCN(c3ccccc3OC)CC2)sc1=O.Cl. The van der Waals surface area contributed by atoms with Gasteiger partial charge in [0.25, 0.3) is 0 Å². The van der Waals surface area contributed by atoms with Crippen molar-refractivity contribution in [3.8, 4) is 17.0 Å². The van der Waals surface area contributed by atoms with E-state index < -0.39 is 6.03 Å². The number of halogens is 2. The largest absolute Gasteiger partial charge is 0.495 e. The minimum absolute atomic E-state index is 0. The number of ether oxygens (including phenoxy) is 1. The zero-order valence-electron chi connectivity index (χ0n) is 19.1. The molecule has 182 valence electrons. The van der Waals surface area contributed by atoms with Gasteiger partial charge in [0.15, 0.2) is 0 Å². The Kier molecular flexibility index (Phi) is 8.71. The molecule has 10 heteroatoms. The Labute approximate surface area is 208 Å². The van der Waals surface area contributed by atoms with Gasteiger partial charge in [0.1, 0.15) is 11.6 Å². The summed E-state index contributed by atoms with van der Waals surface area (Å²) < 4.78 is 20.1. The van der Waals surface area contributed by atoms with Crippen LogP contribution in [0.3, 0.4) is 0 Å². The van der Waals surface area contributed by atoms with Crippen molar-refractivity contribution in [2.45, 2.75) is 6.42 Å². The van der Waals surface area contributed by atoms with Crippen LogP contribution in [0.15, 0.2) is 53.3 Å². The number of carbonyl (C=O) groups is 1. The van der Waals surface area contributed by atoms with E-state index >= 15 is 0 Å². The molecule has 7 nitrogen and oxygen atoms in total. The van der Waals surface area contributed by atoms with Crippen molar-refractivity contribution in [1.82, 2.24) is 14.8 Å². The number of methoxy groups -OCH3 is 1. The molecule has 0 saturated carbocycles. The van der Waals surface area contributed by atoms with Crippen LogP contribution >= 0.6 is 23.7 Å². The number of hydrogen-bond acceptors (Lipinski definition) is 6. The maximum atomic E-state index is 13.5. The van der Waals surface area contributed by atoms with Crippen LogP contribution in [-0.4, -0.2) is 62.4 Å². The van der Waals surface area contributed by atoms with Gasteiger partial charge in [-0.05, 0) is 42.8 Å². The Hall–Kier alpha value is -2.88. The van der Waals surface area contributed by atoms with Crippen LogP contribution in [0.2, 0.25) is 0 Å². The standard InChI is InChI=1S/C24H27FN4O3S.ClH/c1-26-23(30)29-22(17-7-9-18(25)10-8-17)21(33-24(29)31)11-12-27-13-15-28(16-14-27)19-5-3-4-6-20(19)32-2;/h3-10H,11-16H2,1-2H3,(H,26,30);1H. The van der Waals surface area contributed by atoms with Crippen LogP contribution < -0.4 is 19.8 Å². The van der Waals surface area contributed by atoms with E-state index in [1.807, 2.05) is 18.2 Å². The zero-order chi connectivity index (χ0) is 23.4. The van der Waals surface area contributed by atoms with E-state index in [-0.39, 0.29) is 23.1 Å². The molecular weight excluding hydrogens is 479 g/mol. The number of nitrogens with zero attached hydrogens (tertiary/aromatic N) is 3. The van der Waals surface area contributed by atoms with Crippen molar-refractivity contribution in [3.63, 3.8) is 0 Å². The molecule has 34 heavy (non-hydrogen) atoms. The Morgan fingerprint density at radius 1 is 1.09 bits per heavy atom. The van der Waals surface area contributed by atoms with Crippen LogP contribution in [0.5, 0.6) is 5.75 Å². The molecule has 1 N–H and O–H groups in total. The first kappa shape index (κ1) is 25.7. The van der Waals surface area contributed by atoms with Crippen molar-refractivity contribution in [3.05, 3.63) is 68.9 Å². The molecule has 0 atom stereocenters. The van der Waals surface area contributed by atoms with Gasteiger partial charge in [-0.3, -0.25) is 9.69 Å². The fraction of sp³-hybridized carbons (Fsp3) is 0.333. The Balaban J connectivity index is 0.00000324. The highest BCUT2D eigenvalue weighted by Gasteiger charge is 2.23. The summed E-state index contributed by atoms with van der Waals surface area (Å²) >= 11 is 1.07. The van der Waals surface area contributed by atoms with Gasteiger partial charge >= 0.3 is 10.9 Å². The molecule has 2 aromatic carbocycles. The number of para-hydroxylation sites is 2. The molecular formula is C24H28ClFN4O3S. The van der Waals surface area contributed by atoms with Crippen LogP contribution in [0, 0.1) is 5.82 Å². The first-order valence-corrected chi connectivity index (χ1v) is 11.7. The van der Waals surface area contributed by atoms with Crippen molar-refractivity contribution < 1.29 is 13.9 Å². The van der Waals surface area contributed by atoms with Gasteiger partial charge in [-0.25, -0.2) is 13.8 Å². The van der Waals surface area contributed by atoms with Gasteiger partial charge in [0.05, 0.1) is 18.5 Å². The lowest BCUT2D eigenvalue weighted by Crippen LogP contribution is -2.47. The fourth-order valence-corrected chi connectivity index (χ4v) is 5.12. The molecule has 1 amide bonds. The summed E-state index contributed by atoms with van der Waals surface area (Å²) in [5.74, 6) is 0.507. The normalized spacial score (nSPS) is 13.9. The molecule has 1 saturated heterocycles. The highest BCUT2D eigenvalue weighted by atomic mass is 35.5. The maximum absolute atomic E-state index is 13.5. The molecule has 1 aromatic heterocycles. The third-order valence-electron chi connectivity index (χ3n) is 5.87. The molecule has 0 spiro atoms. The number of rotatable bonds is 6. The molecule has 2 heterocycles. The topological polar surface area (TPSA) is 66.8 Å². The first-order valence-electron chi connectivity index (χ1n) is 10.8. The van der Waals surface area contributed by atoms with E-state index in [1.165, 1.54) is 19.2 Å². The zero-order valence-corrected chi connectivity index (χ0v) is 20.8. The van der Waals surface area contributed by atoms with E-state index in [9.17, 15) is 14.0 Å². The van der Waals surface area contributed by atoms with Gasteiger partial charge in [0, 0.05) is 50.2 Å². The van der Waals surface area contributed by atoms with Gasteiger partial charge in [0.2, 0.25) is 0 Å². The van der Waals surface area contributed by atoms with Crippen LogP contribution in [0.1, 0.15) is 4.88 Å². The van der Waals surface area contributed by atoms with Crippen LogP contribution in [0.25, 0.3) is 11.3 Å². The summed E-state index contributed by atoms with van der Waals surface area (Å²) in [5.41, 5.74) is 2.28. The van der Waals surface area contributed by atoms with Crippen molar-refractivity contribution >= 4 is 35.5 Å². The third-order valence-corrected chi connectivity index (χ3v) is 6.87. The number of thiazole rings is 1. The highest BCUT2D eigenvalue weighted by Crippen LogP contribution is 2.29. The molecule has 0 aliphatic carbocycles. The number of hydrogen-bond donors (Lipinski definition) is 1. The smallest absolute Gasteiger partial charge is 0.329 e. The van der Waals surface area contributed by atoms with Gasteiger partial charge < -0.3 is 15.0 Å². The lowest BCUT2D eigenvalue weighted by molar-refractivity contribution is 0.244. The number of amides is 1. The average Bonchev–Trinajstić information content (AvgIpc) is 3.19. The minimum Gasteiger partial charge on any atom is -0.495 e. The Bertz CT molecular complexity index is 1170. The maximum Gasteiger partial charge on any atom is 0.329 e. The summed E-state index contributed by atoms with van der Waals surface area (Å²) in [6.07, 6.45) is 0.630. The van der Waals surface area contributed by atoms with Crippen LogP contribution in [-0.2, 0) is 6.42 Å². The van der Waals surface area contributed by atoms with Crippen LogP contribution in [0.4, 0.5) is 14.9 Å². The summed E-state index contributed by atoms with van der Waals surface area (Å²) in [7, 11) is 3.17. The predicted octanol–water partition coefficient (Wildman–Crippen LogP) is 3.70. The second kappa shape index (κ2) is 11.5. The molecule has 1 aliphatic rings. The monoisotopic (exact) mass is 506 g/mol. The molecule has 1 aliphatic heterocycles. The molecule has 3 aromatic rings. The molecule has 0 bridgehead atoms. The molecule has 4 rings (SSSR count). The summed E-state index contributed by atoms with van der Waals surface area (Å²) in [6, 6.07) is 13.4. The average molecular weight is 507 g/mol. The first-order chi connectivity index (χ1) is 16.0. The fourth-order valence-electron chi connectivity index (χ4n) is 4.14. The summed E-state index contributed by atoms with van der Waals surface area (Å²) in [5, 5.41) is 2.52. The second-order valence-electron chi connectivity index (χ2n) is 7.79. The second-order valence-corrected chi connectivity index (χ2v) is 8.83. The Morgan fingerprint density at radius 3 is 2.41 bits per heavy atom. The number of aromatic nitrogens is 1. The number of nitrogens with one attached hydrogen (secondary N) is 1. The minimum atomic E-state index is -0.493. The van der Waals surface area contributed by atoms with Gasteiger partial charge in [-0.2, -0.15) is 0 Å². The molecule has 1 fully saturated rings. The van der Waals surface area contributed by atoms with E-state index in [4.69, 9.17) is 4.74 Å².